The third-order valence-electron chi connectivity index (χ3n) is 6.94. The maximum absolute atomic E-state index is 6.01. The highest BCUT2D eigenvalue weighted by atomic mass is 16.5. The number of furan rings is 1. The first-order chi connectivity index (χ1) is 13.3. The molecular formula is C23H38N2O2. The summed E-state index contributed by atoms with van der Waals surface area (Å²) in [6.45, 7) is 8.91. The standard InChI is InChI=1S/C23H38N2O2/c1-2-21-9-10-23(27-21)18-24(17-22-8-5-15-26-22)16-19-11-13-25(14-12-19)20-6-3-4-7-20/h9-10,19-20,22H,2-8,11-18H2,1H3. The second-order valence-corrected chi connectivity index (χ2v) is 8.97. The van der Waals surface area contributed by atoms with E-state index in [1.807, 2.05) is 0 Å². The van der Waals surface area contributed by atoms with Gasteiger partial charge in [0.25, 0.3) is 0 Å². The first-order valence-electron chi connectivity index (χ1n) is 11.5. The number of rotatable bonds is 8. The van der Waals surface area contributed by atoms with Gasteiger partial charge in [-0.25, -0.2) is 0 Å². The van der Waals surface area contributed by atoms with Gasteiger partial charge in [-0.2, -0.15) is 0 Å². The molecule has 1 saturated carbocycles. The second-order valence-electron chi connectivity index (χ2n) is 8.97. The van der Waals surface area contributed by atoms with Crippen molar-refractivity contribution >= 4 is 0 Å². The van der Waals surface area contributed by atoms with E-state index in [2.05, 4.69) is 28.9 Å². The van der Waals surface area contributed by atoms with E-state index in [-0.39, 0.29) is 0 Å². The van der Waals surface area contributed by atoms with E-state index in [1.165, 1.54) is 71.0 Å². The second kappa shape index (κ2) is 9.58. The summed E-state index contributed by atoms with van der Waals surface area (Å²) in [5.74, 6) is 3.05. The normalized spacial score (nSPS) is 25.8. The Bertz CT molecular complexity index is 552. The Morgan fingerprint density at radius 2 is 1.74 bits per heavy atom. The summed E-state index contributed by atoms with van der Waals surface area (Å²) in [5.41, 5.74) is 0. The third-order valence-corrected chi connectivity index (χ3v) is 6.94. The first kappa shape index (κ1) is 19.5. The summed E-state index contributed by atoms with van der Waals surface area (Å²) in [6, 6.07) is 5.20. The Balaban J connectivity index is 1.31. The van der Waals surface area contributed by atoms with Crippen LogP contribution in [0.2, 0.25) is 0 Å². The predicted molar refractivity (Wildman–Crippen MR) is 109 cm³/mol. The van der Waals surface area contributed by atoms with Crippen LogP contribution in [0.1, 0.15) is 69.8 Å². The molecule has 1 aromatic heterocycles. The Kier molecular flexibility index (Phi) is 6.91. The van der Waals surface area contributed by atoms with E-state index in [4.69, 9.17) is 9.15 Å². The van der Waals surface area contributed by atoms with Crippen molar-refractivity contribution in [2.24, 2.45) is 5.92 Å². The van der Waals surface area contributed by atoms with Gasteiger partial charge in [-0.05, 0) is 69.7 Å². The zero-order valence-corrected chi connectivity index (χ0v) is 17.2. The van der Waals surface area contributed by atoms with Gasteiger partial charge in [0.1, 0.15) is 11.5 Å². The van der Waals surface area contributed by atoms with Crippen molar-refractivity contribution in [3.05, 3.63) is 23.7 Å². The maximum atomic E-state index is 6.01. The van der Waals surface area contributed by atoms with Gasteiger partial charge in [0.2, 0.25) is 0 Å². The molecule has 1 atom stereocenters. The molecule has 152 valence electrons. The molecule has 2 saturated heterocycles. The van der Waals surface area contributed by atoms with E-state index in [9.17, 15) is 0 Å². The largest absolute Gasteiger partial charge is 0.465 e. The lowest BCUT2D eigenvalue weighted by molar-refractivity contribution is 0.0514. The summed E-state index contributed by atoms with van der Waals surface area (Å²) >= 11 is 0. The predicted octanol–water partition coefficient (Wildman–Crippen LogP) is 4.48. The minimum absolute atomic E-state index is 0.421. The van der Waals surface area contributed by atoms with Crippen LogP contribution in [0.5, 0.6) is 0 Å². The lowest BCUT2D eigenvalue weighted by Gasteiger charge is -2.38. The maximum Gasteiger partial charge on any atom is 0.118 e. The van der Waals surface area contributed by atoms with Crippen LogP contribution in [0, 0.1) is 5.92 Å². The van der Waals surface area contributed by atoms with Gasteiger partial charge in [-0.3, -0.25) is 4.90 Å². The van der Waals surface area contributed by atoms with Crippen LogP contribution in [0.4, 0.5) is 0 Å². The van der Waals surface area contributed by atoms with Crippen molar-refractivity contribution in [1.29, 1.82) is 0 Å². The topological polar surface area (TPSA) is 28.9 Å². The zero-order valence-electron chi connectivity index (χ0n) is 17.2. The van der Waals surface area contributed by atoms with E-state index in [0.717, 1.165) is 49.6 Å². The van der Waals surface area contributed by atoms with Gasteiger partial charge < -0.3 is 14.1 Å². The molecule has 0 spiro atoms. The van der Waals surface area contributed by atoms with Crippen molar-refractivity contribution in [3.8, 4) is 0 Å². The van der Waals surface area contributed by atoms with Gasteiger partial charge in [0.15, 0.2) is 0 Å². The average Bonchev–Trinajstić information content (AvgIpc) is 3.45. The first-order valence-corrected chi connectivity index (χ1v) is 11.5. The van der Waals surface area contributed by atoms with Gasteiger partial charge in [-0.15, -0.1) is 0 Å². The monoisotopic (exact) mass is 374 g/mol. The average molecular weight is 375 g/mol. The number of piperidine rings is 1. The van der Waals surface area contributed by atoms with Gasteiger partial charge in [-0.1, -0.05) is 19.8 Å². The molecular weight excluding hydrogens is 336 g/mol. The molecule has 1 aliphatic carbocycles. The van der Waals surface area contributed by atoms with Crippen LogP contribution in [-0.4, -0.2) is 54.7 Å². The molecule has 1 unspecified atom stereocenters. The Morgan fingerprint density at radius 3 is 2.41 bits per heavy atom. The highest BCUT2D eigenvalue weighted by Gasteiger charge is 2.29. The molecule has 1 aromatic rings. The fourth-order valence-electron chi connectivity index (χ4n) is 5.33. The van der Waals surface area contributed by atoms with Crippen LogP contribution in [0.25, 0.3) is 0 Å². The van der Waals surface area contributed by atoms with Crippen LogP contribution in [-0.2, 0) is 17.7 Å². The molecule has 0 bridgehead atoms. The van der Waals surface area contributed by atoms with Gasteiger partial charge >= 0.3 is 0 Å². The molecule has 2 aliphatic heterocycles. The van der Waals surface area contributed by atoms with Gasteiger partial charge in [0, 0.05) is 32.2 Å². The molecule has 27 heavy (non-hydrogen) atoms. The smallest absolute Gasteiger partial charge is 0.118 e. The van der Waals surface area contributed by atoms with Crippen LogP contribution in [0.3, 0.4) is 0 Å². The van der Waals surface area contributed by atoms with Crippen molar-refractivity contribution in [2.75, 3.05) is 32.8 Å². The molecule has 0 aromatic carbocycles. The lowest BCUT2D eigenvalue weighted by atomic mass is 9.94. The highest BCUT2D eigenvalue weighted by Crippen LogP contribution is 2.28. The molecule has 0 radical (unpaired) electrons. The number of ether oxygens (including phenoxy) is 1. The van der Waals surface area contributed by atoms with Crippen molar-refractivity contribution in [2.45, 2.75) is 83.4 Å². The fourth-order valence-corrected chi connectivity index (χ4v) is 5.33. The highest BCUT2D eigenvalue weighted by molar-refractivity contribution is 5.07. The quantitative estimate of drug-likeness (QED) is 0.671. The third kappa shape index (κ3) is 5.36. The summed E-state index contributed by atoms with van der Waals surface area (Å²) < 4.78 is 12.0. The van der Waals surface area contributed by atoms with Crippen LogP contribution in [0.15, 0.2) is 16.5 Å². The number of likely N-dealkylation sites (tertiary alicyclic amines) is 1. The Morgan fingerprint density at radius 1 is 0.963 bits per heavy atom. The molecule has 0 amide bonds. The zero-order chi connectivity index (χ0) is 18.5. The summed E-state index contributed by atoms with van der Waals surface area (Å²) in [5, 5.41) is 0. The molecule has 3 aliphatic rings. The summed E-state index contributed by atoms with van der Waals surface area (Å²) in [7, 11) is 0. The van der Waals surface area contributed by atoms with Crippen molar-refractivity contribution in [1.82, 2.24) is 9.80 Å². The van der Waals surface area contributed by atoms with Crippen molar-refractivity contribution in [3.63, 3.8) is 0 Å². The Labute approximate surface area is 165 Å². The lowest BCUT2D eigenvalue weighted by Crippen LogP contribution is -2.43. The fraction of sp³-hybridized carbons (Fsp3) is 0.826. The number of aryl methyl sites for hydroxylation is 1. The van der Waals surface area contributed by atoms with E-state index >= 15 is 0 Å². The molecule has 0 N–H and O–H groups in total. The SMILES string of the molecule is CCc1ccc(CN(CC2CCN(C3CCCC3)CC2)CC2CCCO2)o1. The van der Waals surface area contributed by atoms with Crippen LogP contribution < -0.4 is 0 Å². The molecule has 3 heterocycles. The van der Waals surface area contributed by atoms with E-state index in [0.29, 0.717) is 6.10 Å². The summed E-state index contributed by atoms with van der Waals surface area (Å²) in [4.78, 5) is 5.40. The minimum atomic E-state index is 0.421. The minimum Gasteiger partial charge on any atom is -0.465 e. The van der Waals surface area contributed by atoms with E-state index in [1.54, 1.807) is 0 Å². The van der Waals surface area contributed by atoms with Crippen LogP contribution >= 0.6 is 0 Å². The Hall–Kier alpha value is -0.840. The van der Waals surface area contributed by atoms with Gasteiger partial charge in [0.05, 0.1) is 12.6 Å². The number of nitrogens with zero attached hydrogens (tertiary/aromatic N) is 2. The molecule has 3 fully saturated rings. The molecule has 4 rings (SSSR count). The summed E-state index contributed by atoms with van der Waals surface area (Å²) in [6.07, 6.45) is 12.3. The molecule has 4 nitrogen and oxygen atoms in total. The van der Waals surface area contributed by atoms with E-state index < -0.39 is 0 Å². The number of hydrogen-bond donors (Lipinski definition) is 0. The number of hydrogen-bond acceptors (Lipinski definition) is 4. The van der Waals surface area contributed by atoms with Crippen molar-refractivity contribution < 1.29 is 9.15 Å². The molecule has 4 heteroatoms.